The molecule has 1 aromatic rings. The van der Waals surface area contributed by atoms with Gasteiger partial charge in [0.15, 0.2) is 0 Å². The number of carbonyl (C=O) groups is 1. The van der Waals surface area contributed by atoms with Gasteiger partial charge in [-0.25, -0.2) is 8.42 Å². The molecule has 152 valence electrons. The van der Waals surface area contributed by atoms with Crippen LogP contribution in [0.1, 0.15) is 38.2 Å². The third-order valence-corrected chi connectivity index (χ3v) is 7.37. The van der Waals surface area contributed by atoms with Crippen molar-refractivity contribution in [2.75, 3.05) is 19.6 Å². The summed E-state index contributed by atoms with van der Waals surface area (Å²) < 4.78 is 27.0. The molecule has 2 saturated heterocycles. The maximum atomic E-state index is 12.7. The van der Waals surface area contributed by atoms with E-state index in [0.717, 1.165) is 24.9 Å². The molecule has 0 bridgehead atoms. The number of nitrogens with one attached hydrogen (secondary N) is 2. The highest BCUT2D eigenvalue weighted by Crippen LogP contribution is 2.24. The van der Waals surface area contributed by atoms with Crippen molar-refractivity contribution in [2.45, 2.75) is 56.5 Å². The summed E-state index contributed by atoms with van der Waals surface area (Å²) in [6, 6.07) is 7.59. The zero-order valence-corrected chi connectivity index (χ0v) is 17.6. The average molecular weight is 416 g/mol. The fourth-order valence-corrected chi connectivity index (χ4v) is 5.27. The number of hydrogen-bond donors (Lipinski definition) is 2. The van der Waals surface area contributed by atoms with Gasteiger partial charge in [0, 0.05) is 31.1 Å². The van der Waals surface area contributed by atoms with Gasteiger partial charge in [-0.2, -0.15) is 4.31 Å². The maximum Gasteiger partial charge on any atom is 0.243 e. The first-order chi connectivity index (χ1) is 12.4. The second-order valence-corrected chi connectivity index (χ2v) is 9.51. The summed E-state index contributed by atoms with van der Waals surface area (Å²) in [5.74, 6) is -0.0128. The van der Waals surface area contributed by atoms with Gasteiger partial charge in [0.2, 0.25) is 15.9 Å². The van der Waals surface area contributed by atoms with E-state index in [1.54, 1.807) is 12.1 Å². The molecule has 2 fully saturated rings. The first-order valence-corrected chi connectivity index (χ1v) is 10.9. The number of amides is 1. The van der Waals surface area contributed by atoms with Crippen LogP contribution in [0.3, 0.4) is 0 Å². The largest absolute Gasteiger partial charge is 0.353 e. The Morgan fingerprint density at radius 1 is 1.15 bits per heavy atom. The van der Waals surface area contributed by atoms with E-state index in [2.05, 4.69) is 17.6 Å². The number of sulfonamides is 1. The number of nitrogens with zero attached hydrogens (tertiary/aromatic N) is 1. The highest BCUT2D eigenvalue weighted by atomic mass is 35.5. The Hall–Kier alpha value is -1.15. The first kappa shape index (κ1) is 22.1. The molecule has 0 aliphatic carbocycles. The lowest BCUT2D eigenvalue weighted by Crippen LogP contribution is -2.49. The van der Waals surface area contributed by atoms with Crippen LogP contribution in [0, 0.1) is 12.8 Å². The Labute approximate surface area is 168 Å². The quantitative estimate of drug-likeness (QED) is 0.789. The van der Waals surface area contributed by atoms with Gasteiger partial charge in [-0.05, 0) is 58.2 Å². The van der Waals surface area contributed by atoms with Gasteiger partial charge in [0.25, 0.3) is 0 Å². The highest BCUT2D eigenvalue weighted by molar-refractivity contribution is 7.89. The van der Waals surface area contributed by atoms with Gasteiger partial charge in [-0.3, -0.25) is 4.79 Å². The molecule has 2 N–H and O–H groups in total. The van der Waals surface area contributed by atoms with Crippen LogP contribution in [0.5, 0.6) is 0 Å². The van der Waals surface area contributed by atoms with Crippen LogP contribution in [0.15, 0.2) is 29.2 Å². The van der Waals surface area contributed by atoms with Gasteiger partial charge in [-0.1, -0.05) is 17.7 Å². The lowest BCUT2D eigenvalue weighted by Gasteiger charge is -2.33. The summed E-state index contributed by atoms with van der Waals surface area (Å²) in [5, 5.41) is 6.55. The van der Waals surface area contributed by atoms with Crippen LogP contribution in [0.2, 0.25) is 0 Å². The van der Waals surface area contributed by atoms with E-state index in [1.165, 1.54) is 4.31 Å². The molecule has 0 aromatic heterocycles. The van der Waals surface area contributed by atoms with Crippen molar-refractivity contribution >= 4 is 28.3 Å². The van der Waals surface area contributed by atoms with Gasteiger partial charge in [-0.15, -0.1) is 12.4 Å². The highest BCUT2D eigenvalue weighted by Gasteiger charge is 2.33. The Morgan fingerprint density at radius 2 is 1.78 bits per heavy atom. The molecular weight excluding hydrogens is 386 g/mol. The number of piperidine rings is 2. The van der Waals surface area contributed by atoms with E-state index in [0.29, 0.717) is 36.9 Å². The lowest BCUT2D eigenvalue weighted by molar-refractivity contribution is -0.127. The van der Waals surface area contributed by atoms with Gasteiger partial charge < -0.3 is 10.6 Å². The molecule has 2 aliphatic rings. The van der Waals surface area contributed by atoms with E-state index in [1.807, 2.05) is 19.1 Å². The molecule has 0 saturated carbocycles. The summed E-state index contributed by atoms with van der Waals surface area (Å²) in [6.45, 7) is 5.80. The van der Waals surface area contributed by atoms with E-state index >= 15 is 0 Å². The van der Waals surface area contributed by atoms with Crippen molar-refractivity contribution < 1.29 is 13.2 Å². The molecule has 2 heterocycles. The first-order valence-electron chi connectivity index (χ1n) is 9.47. The molecule has 27 heavy (non-hydrogen) atoms. The van der Waals surface area contributed by atoms with Gasteiger partial charge >= 0.3 is 0 Å². The number of hydrogen-bond acceptors (Lipinski definition) is 4. The molecule has 1 amide bonds. The molecule has 3 rings (SSSR count). The van der Waals surface area contributed by atoms with Crippen LogP contribution in [-0.2, 0) is 14.8 Å². The molecule has 2 unspecified atom stereocenters. The summed E-state index contributed by atoms with van der Waals surface area (Å²) >= 11 is 0. The summed E-state index contributed by atoms with van der Waals surface area (Å²) in [4.78, 5) is 12.9. The Kier molecular flexibility index (Phi) is 7.68. The van der Waals surface area contributed by atoms with Crippen LogP contribution in [-0.4, -0.2) is 50.3 Å². The zero-order chi connectivity index (χ0) is 18.7. The van der Waals surface area contributed by atoms with Crippen LogP contribution < -0.4 is 10.6 Å². The average Bonchev–Trinajstić information content (AvgIpc) is 2.62. The Balaban J connectivity index is 0.00000261. The summed E-state index contributed by atoms with van der Waals surface area (Å²) in [5.41, 5.74) is 1.03. The molecule has 0 radical (unpaired) electrons. The van der Waals surface area contributed by atoms with E-state index in [-0.39, 0.29) is 30.3 Å². The van der Waals surface area contributed by atoms with Crippen molar-refractivity contribution in [3.8, 4) is 0 Å². The van der Waals surface area contributed by atoms with Crippen molar-refractivity contribution in [3.05, 3.63) is 29.8 Å². The number of halogens is 1. The second kappa shape index (κ2) is 9.37. The van der Waals surface area contributed by atoms with Crippen molar-refractivity contribution in [2.24, 2.45) is 5.92 Å². The van der Waals surface area contributed by atoms with Crippen LogP contribution >= 0.6 is 12.4 Å². The molecule has 2 aliphatic heterocycles. The lowest BCUT2D eigenvalue weighted by atomic mass is 9.95. The van der Waals surface area contributed by atoms with Crippen molar-refractivity contribution in [1.82, 2.24) is 14.9 Å². The standard InChI is InChI=1S/C19H29N3O3S.ClH/c1-14-3-5-18(6-4-14)26(24,25)22-11-8-16(9-12-22)19(23)21-17-7-10-20-15(2)13-17;/h3-6,15-17,20H,7-13H2,1-2H3,(H,21,23);1H. The minimum absolute atomic E-state index is 0. The van der Waals surface area contributed by atoms with Gasteiger partial charge in [0.05, 0.1) is 4.90 Å². The third kappa shape index (κ3) is 5.44. The molecule has 1 aromatic carbocycles. The summed E-state index contributed by atoms with van der Waals surface area (Å²) in [6.07, 6.45) is 3.07. The number of aryl methyl sites for hydroxylation is 1. The second-order valence-electron chi connectivity index (χ2n) is 7.58. The molecule has 8 heteroatoms. The predicted octanol–water partition coefficient (Wildman–Crippen LogP) is 2.07. The van der Waals surface area contributed by atoms with Gasteiger partial charge in [0.1, 0.15) is 0 Å². The number of carbonyl (C=O) groups excluding carboxylic acids is 1. The van der Waals surface area contributed by atoms with E-state index in [4.69, 9.17) is 0 Å². The number of benzene rings is 1. The minimum Gasteiger partial charge on any atom is -0.353 e. The van der Waals surface area contributed by atoms with Crippen LogP contribution in [0.25, 0.3) is 0 Å². The molecule has 6 nitrogen and oxygen atoms in total. The Bertz CT molecular complexity index is 731. The SMILES string of the molecule is Cc1ccc(S(=O)(=O)N2CCC(C(=O)NC3CCNC(C)C3)CC2)cc1.Cl. The van der Waals surface area contributed by atoms with E-state index in [9.17, 15) is 13.2 Å². The smallest absolute Gasteiger partial charge is 0.243 e. The zero-order valence-electron chi connectivity index (χ0n) is 16.0. The van der Waals surface area contributed by atoms with E-state index < -0.39 is 10.0 Å². The van der Waals surface area contributed by atoms with Crippen molar-refractivity contribution in [3.63, 3.8) is 0 Å². The molecule has 0 spiro atoms. The molecule has 2 atom stereocenters. The maximum absolute atomic E-state index is 12.7. The summed E-state index contributed by atoms with van der Waals surface area (Å²) in [7, 11) is -3.47. The van der Waals surface area contributed by atoms with Crippen molar-refractivity contribution in [1.29, 1.82) is 0 Å². The number of rotatable bonds is 4. The predicted molar refractivity (Wildman–Crippen MR) is 109 cm³/mol. The monoisotopic (exact) mass is 415 g/mol. The fourth-order valence-electron chi connectivity index (χ4n) is 3.80. The van der Waals surface area contributed by atoms with Crippen LogP contribution in [0.4, 0.5) is 0 Å². The topological polar surface area (TPSA) is 78.5 Å². The Morgan fingerprint density at radius 3 is 2.37 bits per heavy atom. The molecular formula is C19H30ClN3O3S. The minimum atomic E-state index is -3.47. The third-order valence-electron chi connectivity index (χ3n) is 5.45. The fraction of sp³-hybridized carbons (Fsp3) is 0.632. The normalized spacial score (nSPS) is 24.8.